The van der Waals surface area contributed by atoms with Gasteiger partial charge in [0.1, 0.15) is 5.82 Å². The molecule has 2 atom stereocenters. The second kappa shape index (κ2) is 5.36. The highest BCUT2D eigenvalue weighted by Crippen LogP contribution is 2.24. The van der Waals surface area contributed by atoms with Crippen LogP contribution < -0.4 is 5.73 Å². The van der Waals surface area contributed by atoms with Crippen LogP contribution in [0.3, 0.4) is 0 Å². The van der Waals surface area contributed by atoms with Gasteiger partial charge in [-0.15, -0.1) is 0 Å². The Kier molecular flexibility index (Phi) is 4.02. The van der Waals surface area contributed by atoms with Crippen LogP contribution in [0.15, 0.2) is 22.7 Å². The summed E-state index contributed by atoms with van der Waals surface area (Å²) in [5.41, 5.74) is 6.00. The van der Waals surface area contributed by atoms with E-state index >= 15 is 0 Å². The van der Waals surface area contributed by atoms with E-state index in [2.05, 4.69) is 22.9 Å². The Hall–Kier alpha value is -0.940. The van der Waals surface area contributed by atoms with Crippen LogP contribution in [-0.4, -0.2) is 29.9 Å². The van der Waals surface area contributed by atoms with Crippen LogP contribution in [0.1, 0.15) is 23.7 Å². The lowest BCUT2D eigenvalue weighted by molar-refractivity contribution is 0.0655. The number of nitrogens with zero attached hydrogens (tertiary/aromatic N) is 1. The van der Waals surface area contributed by atoms with Crippen molar-refractivity contribution in [2.75, 3.05) is 13.1 Å². The molecule has 1 aromatic carbocycles. The van der Waals surface area contributed by atoms with Crippen molar-refractivity contribution in [1.29, 1.82) is 0 Å². The lowest BCUT2D eigenvalue weighted by Gasteiger charge is -2.35. The molecule has 0 aliphatic carbocycles. The van der Waals surface area contributed by atoms with Crippen molar-refractivity contribution in [3.8, 4) is 0 Å². The minimum absolute atomic E-state index is 0.0248. The normalized spacial score (nSPS) is 24.1. The van der Waals surface area contributed by atoms with E-state index in [4.69, 9.17) is 5.73 Å². The van der Waals surface area contributed by atoms with E-state index in [1.54, 1.807) is 17.0 Å². The largest absolute Gasteiger partial charge is 0.337 e. The van der Waals surface area contributed by atoms with Crippen LogP contribution in [0.25, 0.3) is 0 Å². The van der Waals surface area contributed by atoms with Gasteiger partial charge < -0.3 is 10.6 Å². The fourth-order valence-corrected chi connectivity index (χ4v) is 2.94. The minimum Gasteiger partial charge on any atom is -0.337 e. The summed E-state index contributed by atoms with van der Waals surface area (Å²) in [6.45, 7) is 3.17. The third-order valence-corrected chi connectivity index (χ3v) is 3.82. The van der Waals surface area contributed by atoms with E-state index in [0.717, 1.165) is 6.42 Å². The third-order valence-electron chi connectivity index (χ3n) is 3.16. The van der Waals surface area contributed by atoms with Crippen molar-refractivity contribution in [2.45, 2.75) is 19.4 Å². The zero-order chi connectivity index (χ0) is 13.3. The van der Waals surface area contributed by atoms with Crippen LogP contribution in [-0.2, 0) is 0 Å². The van der Waals surface area contributed by atoms with E-state index in [1.165, 1.54) is 6.07 Å². The summed E-state index contributed by atoms with van der Waals surface area (Å²) in [5, 5.41) is 0. The molecule has 1 amide bonds. The van der Waals surface area contributed by atoms with Gasteiger partial charge in [0.05, 0.1) is 5.56 Å². The molecule has 0 bridgehead atoms. The number of halogens is 2. The van der Waals surface area contributed by atoms with E-state index < -0.39 is 5.82 Å². The third kappa shape index (κ3) is 2.72. The molecular formula is C13H16BrFN2O. The molecule has 2 N–H and O–H groups in total. The van der Waals surface area contributed by atoms with Crippen LogP contribution in [0.4, 0.5) is 4.39 Å². The van der Waals surface area contributed by atoms with E-state index in [0.29, 0.717) is 23.5 Å². The first-order valence-electron chi connectivity index (χ1n) is 5.98. The smallest absolute Gasteiger partial charge is 0.258 e. The summed E-state index contributed by atoms with van der Waals surface area (Å²) >= 11 is 3.23. The molecule has 18 heavy (non-hydrogen) atoms. The Morgan fingerprint density at radius 3 is 2.83 bits per heavy atom. The first-order chi connectivity index (χ1) is 8.49. The van der Waals surface area contributed by atoms with Gasteiger partial charge in [0, 0.05) is 23.6 Å². The van der Waals surface area contributed by atoms with Gasteiger partial charge in [-0.05, 0) is 40.4 Å². The fraction of sp³-hybridized carbons (Fsp3) is 0.462. The Balaban J connectivity index is 2.26. The summed E-state index contributed by atoms with van der Waals surface area (Å²) in [7, 11) is 0. The highest BCUT2D eigenvalue weighted by atomic mass is 79.9. The Morgan fingerprint density at radius 1 is 1.50 bits per heavy atom. The summed E-state index contributed by atoms with van der Waals surface area (Å²) in [4.78, 5) is 14.0. The molecule has 0 saturated carbocycles. The van der Waals surface area contributed by atoms with Crippen molar-refractivity contribution in [2.24, 2.45) is 11.7 Å². The Morgan fingerprint density at radius 2 is 2.22 bits per heavy atom. The fourth-order valence-electron chi connectivity index (χ4n) is 2.43. The van der Waals surface area contributed by atoms with Crippen molar-refractivity contribution < 1.29 is 9.18 Å². The predicted molar refractivity (Wildman–Crippen MR) is 71.8 cm³/mol. The molecule has 1 fully saturated rings. The van der Waals surface area contributed by atoms with Crippen LogP contribution >= 0.6 is 15.9 Å². The Labute approximate surface area is 114 Å². The maximum atomic E-state index is 13.7. The zero-order valence-electron chi connectivity index (χ0n) is 10.2. The monoisotopic (exact) mass is 314 g/mol. The van der Waals surface area contributed by atoms with Gasteiger partial charge >= 0.3 is 0 Å². The van der Waals surface area contributed by atoms with Crippen molar-refractivity contribution in [3.05, 3.63) is 34.1 Å². The van der Waals surface area contributed by atoms with Gasteiger partial charge in [0.2, 0.25) is 0 Å². The first-order valence-corrected chi connectivity index (χ1v) is 6.77. The van der Waals surface area contributed by atoms with Gasteiger partial charge in [-0.2, -0.15) is 0 Å². The average Bonchev–Trinajstić information content (AvgIpc) is 2.27. The molecule has 0 spiro atoms. The van der Waals surface area contributed by atoms with Gasteiger partial charge in [0.15, 0.2) is 0 Å². The number of benzene rings is 1. The molecule has 0 radical (unpaired) electrons. The van der Waals surface area contributed by atoms with Crippen LogP contribution in [0.2, 0.25) is 0 Å². The zero-order valence-corrected chi connectivity index (χ0v) is 11.8. The van der Waals surface area contributed by atoms with Gasteiger partial charge in [-0.25, -0.2) is 4.39 Å². The van der Waals surface area contributed by atoms with E-state index in [9.17, 15) is 9.18 Å². The SMILES string of the molecule is CC1CC(N)CN(C(=O)c2c(F)cccc2Br)C1. The van der Waals surface area contributed by atoms with Crippen molar-refractivity contribution in [3.63, 3.8) is 0 Å². The number of hydrogen-bond acceptors (Lipinski definition) is 2. The molecule has 1 heterocycles. The summed E-state index contributed by atoms with van der Waals surface area (Å²) in [6.07, 6.45) is 0.905. The minimum atomic E-state index is -0.499. The number of carbonyl (C=O) groups excluding carboxylic acids is 1. The van der Waals surface area contributed by atoms with Gasteiger partial charge in [-0.1, -0.05) is 13.0 Å². The quantitative estimate of drug-likeness (QED) is 0.865. The highest BCUT2D eigenvalue weighted by Gasteiger charge is 2.28. The van der Waals surface area contributed by atoms with Crippen molar-refractivity contribution in [1.82, 2.24) is 4.90 Å². The second-order valence-corrected chi connectivity index (χ2v) is 5.76. The number of hydrogen-bond donors (Lipinski definition) is 1. The molecule has 1 saturated heterocycles. The number of amides is 1. The summed E-state index contributed by atoms with van der Waals surface area (Å²) in [5.74, 6) is -0.439. The molecular weight excluding hydrogens is 299 g/mol. The molecule has 2 rings (SSSR count). The summed E-state index contributed by atoms with van der Waals surface area (Å²) < 4.78 is 14.2. The Bertz CT molecular complexity index is 436. The number of likely N-dealkylation sites (tertiary alicyclic amines) is 1. The number of nitrogens with two attached hydrogens (primary N) is 1. The molecule has 98 valence electrons. The van der Waals surface area contributed by atoms with E-state index in [-0.39, 0.29) is 17.5 Å². The highest BCUT2D eigenvalue weighted by molar-refractivity contribution is 9.10. The van der Waals surface area contributed by atoms with Crippen LogP contribution in [0.5, 0.6) is 0 Å². The second-order valence-electron chi connectivity index (χ2n) is 4.91. The summed E-state index contributed by atoms with van der Waals surface area (Å²) in [6, 6.07) is 4.51. The molecule has 1 aromatic rings. The standard InChI is InChI=1S/C13H16BrFN2O/c1-8-5-9(16)7-17(6-8)13(18)12-10(14)3-2-4-11(12)15/h2-4,8-9H,5-7,16H2,1H3. The predicted octanol–water partition coefficient (Wildman–Crippen LogP) is 2.40. The number of carbonyl (C=O) groups is 1. The molecule has 0 aromatic heterocycles. The maximum Gasteiger partial charge on any atom is 0.258 e. The lowest BCUT2D eigenvalue weighted by atomic mass is 9.96. The maximum absolute atomic E-state index is 13.7. The first kappa shape index (κ1) is 13.5. The topological polar surface area (TPSA) is 46.3 Å². The molecule has 2 unspecified atom stereocenters. The van der Waals surface area contributed by atoms with Gasteiger partial charge in [0.25, 0.3) is 5.91 Å². The lowest BCUT2D eigenvalue weighted by Crippen LogP contribution is -2.49. The van der Waals surface area contributed by atoms with Crippen molar-refractivity contribution >= 4 is 21.8 Å². The molecule has 5 heteroatoms. The molecule has 1 aliphatic heterocycles. The van der Waals surface area contributed by atoms with Crippen LogP contribution in [0, 0.1) is 11.7 Å². The number of piperidine rings is 1. The van der Waals surface area contributed by atoms with E-state index in [1.807, 2.05) is 0 Å². The number of rotatable bonds is 1. The molecule has 3 nitrogen and oxygen atoms in total. The van der Waals surface area contributed by atoms with Gasteiger partial charge in [-0.3, -0.25) is 4.79 Å². The average molecular weight is 315 g/mol. The molecule has 1 aliphatic rings.